The highest BCUT2D eigenvalue weighted by molar-refractivity contribution is 5.89. The number of carbonyl (C=O) groups is 2. The van der Waals surface area contributed by atoms with Crippen molar-refractivity contribution in [2.24, 2.45) is 5.92 Å². The Hall–Kier alpha value is -1.06. The van der Waals surface area contributed by atoms with Gasteiger partial charge in [-0.1, -0.05) is 13.3 Å². The predicted molar refractivity (Wildman–Crippen MR) is 48.7 cm³/mol. The third kappa shape index (κ3) is 3.05. The molecule has 1 radical (unpaired) electrons. The summed E-state index contributed by atoms with van der Waals surface area (Å²) in [5.41, 5.74) is 0. The fourth-order valence-corrected chi connectivity index (χ4v) is 1.27. The molecule has 1 heterocycles. The van der Waals surface area contributed by atoms with E-state index < -0.39 is 0 Å². The van der Waals surface area contributed by atoms with Crippen molar-refractivity contribution in [1.82, 2.24) is 10.6 Å². The van der Waals surface area contributed by atoms with E-state index in [0.717, 1.165) is 12.8 Å². The van der Waals surface area contributed by atoms with Crippen LogP contribution < -0.4 is 10.6 Å². The highest BCUT2D eigenvalue weighted by Crippen LogP contribution is 2.08. The van der Waals surface area contributed by atoms with Crippen molar-refractivity contribution < 1.29 is 9.59 Å². The molecule has 1 aliphatic heterocycles. The average Bonchev–Trinajstić information content (AvgIpc) is 2.52. The summed E-state index contributed by atoms with van der Waals surface area (Å²) < 4.78 is 0. The first-order valence-electron chi connectivity index (χ1n) is 4.57. The van der Waals surface area contributed by atoms with E-state index in [9.17, 15) is 9.59 Å². The number of nitrogens with one attached hydrogen (secondary N) is 2. The monoisotopic (exact) mass is 183 g/mol. The first-order valence-corrected chi connectivity index (χ1v) is 4.57. The standard InChI is InChI=1S/C9H15N2O2/c1-2-3-4-10-9(13)7-5-8(12)11-6-7/h7H,1-6H2,(H,10,13)(H,11,12). The molecule has 1 atom stereocenters. The molecular formula is C9H15N2O2. The molecule has 73 valence electrons. The van der Waals surface area contributed by atoms with Crippen molar-refractivity contribution in [1.29, 1.82) is 0 Å². The molecule has 0 spiro atoms. The summed E-state index contributed by atoms with van der Waals surface area (Å²) in [6.45, 7) is 4.82. The van der Waals surface area contributed by atoms with E-state index in [1.165, 1.54) is 0 Å². The van der Waals surface area contributed by atoms with Crippen molar-refractivity contribution in [2.45, 2.75) is 19.3 Å². The van der Waals surface area contributed by atoms with E-state index in [4.69, 9.17) is 0 Å². The van der Waals surface area contributed by atoms with Crippen LogP contribution in [0.25, 0.3) is 0 Å². The van der Waals surface area contributed by atoms with Gasteiger partial charge in [0.25, 0.3) is 0 Å². The molecule has 0 aromatic carbocycles. The Kier molecular flexibility index (Phi) is 3.73. The van der Waals surface area contributed by atoms with Gasteiger partial charge >= 0.3 is 0 Å². The second-order valence-electron chi connectivity index (χ2n) is 3.20. The maximum Gasteiger partial charge on any atom is 0.225 e. The Labute approximate surface area is 78.1 Å². The van der Waals surface area contributed by atoms with E-state index in [0.29, 0.717) is 19.5 Å². The zero-order valence-corrected chi connectivity index (χ0v) is 7.64. The van der Waals surface area contributed by atoms with Crippen LogP contribution in [-0.4, -0.2) is 24.9 Å². The number of carbonyl (C=O) groups excluding carboxylic acids is 2. The number of hydrogen-bond acceptors (Lipinski definition) is 2. The van der Waals surface area contributed by atoms with Crippen LogP contribution in [0, 0.1) is 12.8 Å². The Balaban J connectivity index is 2.20. The Morgan fingerprint density at radius 1 is 1.69 bits per heavy atom. The largest absolute Gasteiger partial charge is 0.356 e. The molecule has 1 saturated heterocycles. The van der Waals surface area contributed by atoms with Gasteiger partial charge in [0, 0.05) is 19.5 Å². The van der Waals surface area contributed by atoms with Crippen molar-refractivity contribution in [3.8, 4) is 0 Å². The minimum Gasteiger partial charge on any atom is -0.356 e. The lowest BCUT2D eigenvalue weighted by molar-refractivity contribution is -0.126. The molecule has 1 rings (SSSR count). The summed E-state index contributed by atoms with van der Waals surface area (Å²) in [4.78, 5) is 22.1. The Morgan fingerprint density at radius 3 is 3.00 bits per heavy atom. The van der Waals surface area contributed by atoms with Gasteiger partial charge in [-0.2, -0.15) is 0 Å². The highest BCUT2D eigenvalue weighted by Gasteiger charge is 2.27. The van der Waals surface area contributed by atoms with E-state index in [1.54, 1.807) is 0 Å². The van der Waals surface area contributed by atoms with Crippen molar-refractivity contribution in [3.05, 3.63) is 6.92 Å². The van der Waals surface area contributed by atoms with Crippen LogP contribution in [-0.2, 0) is 9.59 Å². The van der Waals surface area contributed by atoms with E-state index in [1.807, 2.05) is 0 Å². The summed E-state index contributed by atoms with van der Waals surface area (Å²) in [5, 5.41) is 5.40. The molecule has 13 heavy (non-hydrogen) atoms. The van der Waals surface area contributed by atoms with E-state index >= 15 is 0 Å². The van der Waals surface area contributed by atoms with Crippen LogP contribution in [0.15, 0.2) is 0 Å². The first kappa shape index (κ1) is 10.0. The molecular weight excluding hydrogens is 168 g/mol. The summed E-state index contributed by atoms with van der Waals surface area (Å²) in [7, 11) is 0. The van der Waals surface area contributed by atoms with Gasteiger partial charge in [-0.15, -0.1) is 0 Å². The predicted octanol–water partition coefficient (Wildman–Crippen LogP) is -0.147. The van der Waals surface area contributed by atoms with E-state index in [-0.39, 0.29) is 17.7 Å². The highest BCUT2D eigenvalue weighted by atomic mass is 16.2. The lowest BCUT2D eigenvalue weighted by Crippen LogP contribution is -2.32. The molecule has 1 aliphatic rings. The number of hydrogen-bond donors (Lipinski definition) is 2. The molecule has 0 aliphatic carbocycles. The molecule has 2 amide bonds. The molecule has 0 aromatic rings. The fourth-order valence-electron chi connectivity index (χ4n) is 1.27. The van der Waals surface area contributed by atoms with Crippen LogP contribution in [0.2, 0.25) is 0 Å². The van der Waals surface area contributed by atoms with Gasteiger partial charge in [0.2, 0.25) is 11.8 Å². The normalized spacial score (nSPS) is 21.3. The number of unbranched alkanes of at least 4 members (excludes halogenated alkanes) is 1. The van der Waals surface area contributed by atoms with Crippen LogP contribution in [0.5, 0.6) is 0 Å². The van der Waals surface area contributed by atoms with Gasteiger partial charge < -0.3 is 10.6 Å². The second-order valence-corrected chi connectivity index (χ2v) is 3.20. The maximum absolute atomic E-state index is 11.3. The molecule has 0 aromatic heterocycles. The summed E-state index contributed by atoms with van der Waals surface area (Å²) >= 11 is 0. The van der Waals surface area contributed by atoms with E-state index in [2.05, 4.69) is 17.6 Å². The minimum absolute atomic E-state index is 0.0215. The number of rotatable bonds is 4. The molecule has 0 saturated carbocycles. The molecule has 1 unspecified atom stereocenters. The van der Waals surface area contributed by atoms with Gasteiger partial charge in [0.05, 0.1) is 5.92 Å². The molecule has 2 N–H and O–H groups in total. The summed E-state index contributed by atoms with van der Waals surface area (Å²) in [6, 6.07) is 0. The molecule has 1 fully saturated rings. The van der Waals surface area contributed by atoms with Crippen LogP contribution in [0.1, 0.15) is 19.3 Å². The smallest absolute Gasteiger partial charge is 0.225 e. The Bertz CT molecular complexity index is 204. The zero-order chi connectivity index (χ0) is 9.68. The average molecular weight is 183 g/mol. The SMILES string of the molecule is [CH2]CCCNC(=O)C1CNC(=O)C1. The van der Waals surface area contributed by atoms with Crippen LogP contribution in [0.3, 0.4) is 0 Å². The van der Waals surface area contributed by atoms with Crippen molar-refractivity contribution in [2.75, 3.05) is 13.1 Å². The Morgan fingerprint density at radius 2 is 2.46 bits per heavy atom. The lowest BCUT2D eigenvalue weighted by atomic mass is 10.1. The van der Waals surface area contributed by atoms with Crippen LogP contribution >= 0.6 is 0 Å². The van der Waals surface area contributed by atoms with Gasteiger partial charge in [-0.05, 0) is 6.42 Å². The maximum atomic E-state index is 11.3. The fraction of sp³-hybridized carbons (Fsp3) is 0.667. The van der Waals surface area contributed by atoms with Gasteiger partial charge in [0.1, 0.15) is 0 Å². The quantitative estimate of drug-likeness (QED) is 0.596. The number of amides is 2. The molecule has 4 heteroatoms. The second kappa shape index (κ2) is 4.84. The topological polar surface area (TPSA) is 58.2 Å². The zero-order valence-electron chi connectivity index (χ0n) is 7.64. The summed E-state index contributed by atoms with van der Waals surface area (Å²) in [5.74, 6) is -0.221. The third-order valence-electron chi connectivity index (χ3n) is 2.07. The van der Waals surface area contributed by atoms with Crippen molar-refractivity contribution in [3.63, 3.8) is 0 Å². The summed E-state index contributed by atoms with van der Waals surface area (Å²) in [6.07, 6.45) is 2.04. The van der Waals surface area contributed by atoms with Crippen molar-refractivity contribution >= 4 is 11.8 Å². The third-order valence-corrected chi connectivity index (χ3v) is 2.07. The molecule has 4 nitrogen and oxygen atoms in total. The van der Waals surface area contributed by atoms with Gasteiger partial charge in [-0.3, -0.25) is 9.59 Å². The van der Waals surface area contributed by atoms with Gasteiger partial charge in [0.15, 0.2) is 0 Å². The minimum atomic E-state index is -0.169. The van der Waals surface area contributed by atoms with Crippen LogP contribution in [0.4, 0.5) is 0 Å². The molecule has 0 bridgehead atoms. The lowest BCUT2D eigenvalue weighted by Gasteiger charge is -2.07. The first-order chi connectivity index (χ1) is 6.24. The van der Waals surface area contributed by atoms with Gasteiger partial charge in [-0.25, -0.2) is 0 Å².